The molecule has 0 saturated carbocycles. The molecule has 2 aromatic heterocycles. The number of hydrogen-bond acceptors (Lipinski definition) is 4. The smallest absolute Gasteiger partial charge is 0.273 e. The zero-order valence-electron chi connectivity index (χ0n) is 15.7. The molecule has 0 radical (unpaired) electrons. The molecule has 0 fully saturated rings. The van der Waals surface area contributed by atoms with Gasteiger partial charge >= 0.3 is 0 Å². The van der Waals surface area contributed by atoms with Crippen LogP contribution in [-0.2, 0) is 0 Å². The molecule has 0 saturated heterocycles. The van der Waals surface area contributed by atoms with Crippen molar-refractivity contribution in [2.75, 3.05) is 5.32 Å². The van der Waals surface area contributed by atoms with Gasteiger partial charge in [0, 0.05) is 6.20 Å². The number of rotatable bonds is 3. The van der Waals surface area contributed by atoms with Crippen molar-refractivity contribution < 1.29 is 18.7 Å². The fraction of sp³-hybridized carbons (Fsp3) is 0.0455. The predicted octanol–water partition coefficient (Wildman–Crippen LogP) is 3.93. The lowest BCUT2D eigenvalue weighted by Crippen LogP contribution is -2.29. The van der Waals surface area contributed by atoms with Crippen molar-refractivity contribution in [1.82, 2.24) is 9.55 Å². The fourth-order valence-corrected chi connectivity index (χ4v) is 3.16. The summed E-state index contributed by atoms with van der Waals surface area (Å²) >= 11 is 0. The minimum atomic E-state index is -0.983. The predicted molar refractivity (Wildman–Crippen MR) is 108 cm³/mol. The van der Waals surface area contributed by atoms with Crippen LogP contribution in [0.1, 0.15) is 15.9 Å². The number of nitrogens with one attached hydrogen (secondary N) is 1. The highest BCUT2D eigenvalue weighted by molar-refractivity contribution is 6.09. The largest absolute Gasteiger partial charge is 0.506 e. The van der Waals surface area contributed by atoms with E-state index in [2.05, 4.69) is 10.3 Å². The van der Waals surface area contributed by atoms with Gasteiger partial charge in [-0.15, -0.1) is 0 Å². The Kier molecular flexibility index (Phi) is 4.75. The summed E-state index contributed by atoms with van der Waals surface area (Å²) in [5, 5.41) is 13.1. The summed E-state index contributed by atoms with van der Waals surface area (Å²) in [6, 6.07) is 12.2. The minimum absolute atomic E-state index is 0.0879. The molecule has 0 bridgehead atoms. The maximum absolute atomic E-state index is 14.1. The summed E-state index contributed by atoms with van der Waals surface area (Å²) in [5.74, 6) is -2.75. The number of anilines is 1. The summed E-state index contributed by atoms with van der Waals surface area (Å²) in [6.45, 7) is 1.72. The molecule has 2 aromatic carbocycles. The highest BCUT2D eigenvalue weighted by atomic mass is 19.1. The quantitative estimate of drug-likeness (QED) is 0.539. The van der Waals surface area contributed by atoms with Gasteiger partial charge in [0.15, 0.2) is 5.65 Å². The van der Waals surface area contributed by atoms with Gasteiger partial charge in [0.2, 0.25) is 0 Å². The third-order valence-electron chi connectivity index (χ3n) is 4.59. The Morgan fingerprint density at radius 2 is 1.83 bits per heavy atom. The average Bonchev–Trinajstić information content (AvgIpc) is 2.72. The van der Waals surface area contributed by atoms with Gasteiger partial charge in [-0.1, -0.05) is 6.07 Å². The Balaban J connectivity index is 1.94. The van der Waals surface area contributed by atoms with Crippen LogP contribution in [0.15, 0.2) is 65.6 Å². The maximum Gasteiger partial charge on any atom is 0.273 e. The van der Waals surface area contributed by atoms with Crippen LogP contribution in [0, 0.1) is 18.6 Å². The van der Waals surface area contributed by atoms with Gasteiger partial charge in [-0.05, 0) is 61.0 Å². The first kappa shape index (κ1) is 19.3. The zero-order chi connectivity index (χ0) is 21.4. The zero-order valence-corrected chi connectivity index (χ0v) is 15.7. The van der Waals surface area contributed by atoms with E-state index in [1.807, 2.05) is 0 Å². The third-order valence-corrected chi connectivity index (χ3v) is 4.59. The number of carbonyl (C=O) groups excluding carboxylic acids is 1. The van der Waals surface area contributed by atoms with Crippen LogP contribution < -0.4 is 10.9 Å². The second-order valence-corrected chi connectivity index (χ2v) is 6.65. The van der Waals surface area contributed by atoms with Crippen LogP contribution in [0.2, 0.25) is 0 Å². The molecule has 2 N–H and O–H groups in total. The van der Waals surface area contributed by atoms with E-state index in [9.17, 15) is 23.5 Å². The van der Waals surface area contributed by atoms with Gasteiger partial charge in [0.05, 0.1) is 16.8 Å². The van der Waals surface area contributed by atoms with E-state index in [4.69, 9.17) is 0 Å². The van der Waals surface area contributed by atoms with Crippen LogP contribution >= 0.6 is 0 Å². The molecule has 150 valence electrons. The number of pyridine rings is 2. The lowest BCUT2D eigenvalue weighted by Gasteiger charge is -2.14. The molecule has 4 aromatic rings. The second kappa shape index (κ2) is 7.40. The number of aromatic hydroxyl groups is 1. The Bertz CT molecular complexity index is 1350. The Morgan fingerprint density at radius 1 is 1.10 bits per heavy atom. The van der Waals surface area contributed by atoms with Gasteiger partial charge in [0.1, 0.15) is 22.9 Å². The molecule has 0 aliphatic rings. The molecule has 0 aliphatic carbocycles. The van der Waals surface area contributed by atoms with Crippen molar-refractivity contribution >= 4 is 22.6 Å². The molecule has 30 heavy (non-hydrogen) atoms. The van der Waals surface area contributed by atoms with Crippen LogP contribution in [0.3, 0.4) is 0 Å². The Morgan fingerprint density at radius 3 is 2.57 bits per heavy atom. The molecule has 1 amide bonds. The van der Waals surface area contributed by atoms with E-state index in [1.165, 1.54) is 48.7 Å². The van der Waals surface area contributed by atoms with Crippen LogP contribution in [-0.4, -0.2) is 20.6 Å². The van der Waals surface area contributed by atoms with Gasteiger partial charge in [0.25, 0.3) is 11.5 Å². The number of aromatic nitrogens is 2. The van der Waals surface area contributed by atoms with Crippen molar-refractivity contribution in [2.24, 2.45) is 0 Å². The van der Waals surface area contributed by atoms with E-state index < -0.39 is 34.4 Å². The number of aryl methyl sites for hydroxylation is 1. The Hall–Kier alpha value is -4.07. The first-order valence-electron chi connectivity index (χ1n) is 8.93. The first-order valence-corrected chi connectivity index (χ1v) is 8.93. The van der Waals surface area contributed by atoms with Gasteiger partial charge in [-0.3, -0.25) is 14.2 Å². The number of fused-ring (bicyclic) bond motifs is 1. The number of amides is 1. The van der Waals surface area contributed by atoms with Crippen molar-refractivity contribution in [2.45, 2.75) is 6.92 Å². The molecule has 8 heteroatoms. The lowest BCUT2D eigenvalue weighted by molar-refractivity contribution is 0.102. The van der Waals surface area contributed by atoms with E-state index in [0.29, 0.717) is 5.56 Å². The lowest BCUT2D eigenvalue weighted by atomic mass is 10.1. The number of carbonyl (C=O) groups is 1. The van der Waals surface area contributed by atoms with Crippen molar-refractivity contribution in [1.29, 1.82) is 0 Å². The van der Waals surface area contributed by atoms with Crippen LogP contribution in [0.25, 0.3) is 16.7 Å². The normalized spacial score (nSPS) is 10.9. The van der Waals surface area contributed by atoms with E-state index >= 15 is 0 Å². The first-order chi connectivity index (χ1) is 14.4. The second-order valence-electron chi connectivity index (χ2n) is 6.65. The van der Waals surface area contributed by atoms with Gasteiger partial charge in [-0.25, -0.2) is 13.8 Å². The molecular weight excluding hydrogens is 392 g/mol. The molecule has 0 aliphatic heterocycles. The molecule has 6 nitrogen and oxygen atoms in total. The summed E-state index contributed by atoms with van der Waals surface area (Å²) in [4.78, 5) is 30.2. The summed E-state index contributed by atoms with van der Waals surface area (Å²) < 4.78 is 28.5. The average molecular weight is 407 g/mol. The van der Waals surface area contributed by atoms with E-state index in [0.717, 1.165) is 16.7 Å². The number of nitrogens with zero attached hydrogens (tertiary/aromatic N) is 2. The van der Waals surface area contributed by atoms with Crippen molar-refractivity contribution in [3.05, 3.63) is 93.9 Å². The monoisotopic (exact) mass is 407 g/mol. The molecule has 2 heterocycles. The van der Waals surface area contributed by atoms with Gasteiger partial charge in [-0.2, -0.15) is 0 Å². The third kappa shape index (κ3) is 3.28. The van der Waals surface area contributed by atoms with E-state index in [1.54, 1.807) is 6.92 Å². The van der Waals surface area contributed by atoms with Crippen molar-refractivity contribution in [3.8, 4) is 11.4 Å². The van der Waals surface area contributed by atoms with E-state index in [-0.39, 0.29) is 22.4 Å². The van der Waals surface area contributed by atoms with Crippen molar-refractivity contribution in [3.63, 3.8) is 0 Å². The molecule has 0 spiro atoms. The Labute approximate surface area is 169 Å². The number of halogens is 2. The standard InChI is InChI=1S/C22H15F2N3O3/c1-12-4-9-16(24)17(11-12)26-21(29)18-19(28)15-3-2-10-25-20(15)27(22(18)30)14-7-5-13(23)6-8-14/h2-11,28H,1H3,(H,26,29). The molecular formula is C22H15F2N3O3. The van der Waals surface area contributed by atoms with Crippen LogP contribution in [0.4, 0.5) is 14.5 Å². The highest BCUT2D eigenvalue weighted by Crippen LogP contribution is 2.28. The number of benzene rings is 2. The molecule has 0 atom stereocenters. The topological polar surface area (TPSA) is 84.2 Å². The molecule has 4 rings (SSSR count). The fourth-order valence-electron chi connectivity index (χ4n) is 3.16. The highest BCUT2D eigenvalue weighted by Gasteiger charge is 2.24. The SMILES string of the molecule is Cc1ccc(F)c(NC(=O)c2c(O)c3cccnc3n(-c3ccc(F)cc3)c2=O)c1. The summed E-state index contributed by atoms with van der Waals surface area (Å²) in [7, 11) is 0. The number of hydrogen-bond donors (Lipinski definition) is 2. The summed E-state index contributed by atoms with van der Waals surface area (Å²) in [5.41, 5.74) is -0.553. The van der Waals surface area contributed by atoms with Crippen LogP contribution in [0.5, 0.6) is 5.75 Å². The van der Waals surface area contributed by atoms with Gasteiger partial charge < -0.3 is 10.4 Å². The molecule has 0 unspecified atom stereocenters. The minimum Gasteiger partial charge on any atom is -0.506 e. The maximum atomic E-state index is 14.1. The summed E-state index contributed by atoms with van der Waals surface area (Å²) in [6.07, 6.45) is 1.42.